The molecule has 0 aliphatic carbocycles. The summed E-state index contributed by atoms with van der Waals surface area (Å²) >= 11 is 1.62. The summed E-state index contributed by atoms with van der Waals surface area (Å²) in [5.74, 6) is 1.60. The lowest BCUT2D eigenvalue weighted by molar-refractivity contribution is 0.0733. The Labute approximate surface area is 152 Å². The third-order valence-electron chi connectivity index (χ3n) is 5.30. The summed E-state index contributed by atoms with van der Waals surface area (Å²) in [4.78, 5) is 27.6. The van der Waals surface area contributed by atoms with Crippen molar-refractivity contribution >= 4 is 17.2 Å². The van der Waals surface area contributed by atoms with Gasteiger partial charge in [0.2, 0.25) is 0 Å². The van der Waals surface area contributed by atoms with Gasteiger partial charge in [-0.3, -0.25) is 4.79 Å². The van der Waals surface area contributed by atoms with Gasteiger partial charge in [0.25, 0.3) is 5.91 Å². The SMILES string of the molecule is Cc1cc(C(=O)N2CCc3nc(C4CCN(C)CC4)ncc3C2)cs1. The molecule has 4 rings (SSSR count). The zero-order valence-electron chi connectivity index (χ0n) is 14.9. The van der Waals surface area contributed by atoms with Gasteiger partial charge in [-0.1, -0.05) is 0 Å². The van der Waals surface area contributed by atoms with E-state index >= 15 is 0 Å². The number of amides is 1. The van der Waals surface area contributed by atoms with E-state index in [0.717, 1.165) is 61.5 Å². The van der Waals surface area contributed by atoms with Crippen LogP contribution in [0.2, 0.25) is 0 Å². The molecule has 4 heterocycles. The molecule has 0 atom stereocenters. The van der Waals surface area contributed by atoms with Crippen molar-refractivity contribution in [3.8, 4) is 0 Å². The first-order valence-electron chi connectivity index (χ1n) is 8.98. The number of carbonyl (C=O) groups is 1. The van der Waals surface area contributed by atoms with Crippen molar-refractivity contribution in [1.29, 1.82) is 0 Å². The summed E-state index contributed by atoms with van der Waals surface area (Å²) in [7, 11) is 2.17. The van der Waals surface area contributed by atoms with E-state index < -0.39 is 0 Å². The number of aryl methyl sites for hydroxylation is 1. The molecule has 1 fully saturated rings. The number of carbonyl (C=O) groups excluding carboxylic acids is 1. The lowest BCUT2D eigenvalue weighted by atomic mass is 9.95. The van der Waals surface area contributed by atoms with Gasteiger partial charge in [-0.05, 0) is 46.0 Å². The Kier molecular flexibility index (Phi) is 4.56. The van der Waals surface area contributed by atoms with E-state index in [4.69, 9.17) is 4.98 Å². The van der Waals surface area contributed by atoms with Crippen LogP contribution in [-0.2, 0) is 13.0 Å². The molecule has 0 radical (unpaired) electrons. The van der Waals surface area contributed by atoms with Crippen LogP contribution >= 0.6 is 11.3 Å². The van der Waals surface area contributed by atoms with E-state index in [1.54, 1.807) is 11.3 Å². The molecule has 25 heavy (non-hydrogen) atoms. The smallest absolute Gasteiger partial charge is 0.255 e. The van der Waals surface area contributed by atoms with Crippen LogP contribution in [0.4, 0.5) is 0 Å². The molecule has 1 saturated heterocycles. The largest absolute Gasteiger partial charge is 0.334 e. The topological polar surface area (TPSA) is 49.3 Å². The van der Waals surface area contributed by atoms with Crippen molar-refractivity contribution in [3.05, 3.63) is 45.2 Å². The lowest BCUT2D eigenvalue weighted by Crippen LogP contribution is -2.36. The van der Waals surface area contributed by atoms with Gasteiger partial charge in [-0.15, -0.1) is 11.3 Å². The van der Waals surface area contributed by atoms with Gasteiger partial charge < -0.3 is 9.80 Å². The van der Waals surface area contributed by atoms with E-state index in [1.807, 2.05) is 29.5 Å². The second-order valence-electron chi connectivity index (χ2n) is 7.20. The van der Waals surface area contributed by atoms with E-state index in [0.29, 0.717) is 12.5 Å². The van der Waals surface area contributed by atoms with Crippen LogP contribution in [0.3, 0.4) is 0 Å². The van der Waals surface area contributed by atoms with Crippen LogP contribution in [0.1, 0.15) is 51.1 Å². The number of fused-ring (bicyclic) bond motifs is 1. The van der Waals surface area contributed by atoms with Crippen LogP contribution < -0.4 is 0 Å². The molecule has 1 amide bonds. The normalized spacial score (nSPS) is 19.0. The summed E-state index contributed by atoms with van der Waals surface area (Å²) in [6, 6.07) is 1.97. The number of piperidine rings is 1. The summed E-state index contributed by atoms with van der Waals surface area (Å²) in [6.45, 7) is 5.63. The maximum absolute atomic E-state index is 12.7. The highest BCUT2D eigenvalue weighted by atomic mass is 32.1. The summed E-state index contributed by atoms with van der Waals surface area (Å²) in [5, 5.41) is 1.95. The maximum Gasteiger partial charge on any atom is 0.255 e. The van der Waals surface area contributed by atoms with Crippen molar-refractivity contribution in [3.63, 3.8) is 0 Å². The fourth-order valence-corrected chi connectivity index (χ4v) is 4.38. The molecule has 0 spiro atoms. The lowest BCUT2D eigenvalue weighted by Gasteiger charge is -2.30. The van der Waals surface area contributed by atoms with E-state index in [1.165, 1.54) is 4.88 Å². The van der Waals surface area contributed by atoms with Gasteiger partial charge in [0.1, 0.15) is 5.82 Å². The van der Waals surface area contributed by atoms with Crippen molar-refractivity contribution in [2.75, 3.05) is 26.7 Å². The Bertz CT molecular complexity index is 779. The predicted octanol–water partition coefficient (Wildman–Crippen LogP) is 2.85. The Balaban J connectivity index is 1.48. The first kappa shape index (κ1) is 16.7. The Hall–Kier alpha value is -1.79. The Morgan fingerprint density at radius 3 is 2.80 bits per heavy atom. The summed E-state index contributed by atoms with van der Waals surface area (Å²) in [5.41, 5.74) is 3.03. The van der Waals surface area contributed by atoms with Crippen LogP contribution in [0.15, 0.2) is 17.6 Å². The predicted molar refractivity (Wildman–Crippen MR) is 99.0 cm³/mol. The van der Waals surface area contributed by atoms with Gasteiger partial charge in [-0.2, -0.15) is 0 Å². The first-order chi connectivity index (χ1) is 12.1. The quantitative estimate of drug-likeness (QED) is 0.830. The van der Waals surface area contributed by atoms with Gasteiger partial charge in [0.05, 0.1) is 11.3 Å². The average Bonchev–Trinajstić information content (AvgIpc) is 3.07. The number of rotatable bonds is 2. The number of thiophene rings is 1. The van der Waals surface area contributed by atoms with Gasteiger partial charge >= 0.3 is 0 Å². The molecule has 2 aromatic heterocycles. The third-order valence-corrected chi connectivity index (χ3v) is 6.16. The highest BCUT2D eigenvalue weighted by Gasteiger charge is 2.26. The number of likely N-dealkylation sites (tertiary alicyclic amines) is 1. The van der Waals surface area contributed by atoms with Crippen molar-refractivity contribution < 1.29 is 4.79 Å². The zero-order valence-corrected chi connectivity index (χ0v) is 15.7. The molecule has 6 heteroatoms. The molecule has 0 unspecified atom stereocenters. The van der Waals surface area contributed by atoms with Crippen molar-refractivity contribution in [1.82, 2.24) is 19.8 Å². The summed E-state index contributed by atoms with van der Waals surface area (Å²) < 4.78 is 0. The molecule has 0 saturated carbocycles. The Morgan fingerprint density at radius 1 is 1.28 bits per heavy atom. The molecule has 2 aliphatic rings. The Morgan fingerprint density at radius 2 is 2.08 bits per heavy atom. The molecule has 0 bridgehead atoms. The van der Waals surface area contributed by atoms with Crippen LogP contribution in [0.25, 0.3) is 0 Å². The molecule has 5 nitrogen and oxygen atoms in total. The molecule has 132 valence electrons. The summed E-state index contributed by atoms with van der Waals surface area (Å²) in [6.07, 6.45) is 5.05. The van der Waals surface area contributed by atoms with Crippen molar-refractivity contribution in [2.45, 2.75) is 38.6 Å². The molecular formula is C19H24N4OS. The van der Waals surface area contributed by atoms with Gasteiger partial charge in [-0.25, -0.2) is 9.97 Å². The van der Waals surface area contributed by atoms with Gasteiger partial charge in [0.15, 0.2) is 0 Å². The fourth-order valence-electron chi connectivity index (χ4n) is 3.71. The third kappa shape index (κ3) is 3.46. The fraction of sp³-hybridized carbons (Fsp3) is 0.526. The molecular weight excluding hydrogens is 332 g/mol. The minimum Gasteiger partial charge on any atom is -0.334 e. The highest BCUT2D eigenvalue weighted by molar-refractivity contribution is 7.10. The van der Waals surface area contributed by atoms with Crippen LogP contribution in [0.5, 0.6) is 0 Å². The van der Waals surface area contributed by atoms with E-state index in [9.17, 15) is 4.79 Å². The number of aromatic nitrogens is 2. The molecule has 0 N–H and O–H groups in total. The van der Waals surface area contributed by atoms with Gasteiger partial charge in [0, 0.05) is 47.4 Å². The molecule has 2 aromatic rings. The average molecular weight is 356 g/mol. The standard InChI is InChI=1S/C19H24N4OS/c1-13-9-15(12-25-13)19(24)23-8-5-17-16(11-23)10-20-18(21-17)14-3-6-22(2)7-4-14/h9-10,12,14H,3-8,11H2,1-2H3. The monoisotopic (exact) mass is 356 g/mol. The zero-order chi connectivity index (χ0) is 17.4. The minimum absolute atomic E-state index is 0.120. The second kappa shape index (κ2) is 6.84. The molecule has 0 aromatic carbocycles. The molecule has 2 aliphatic heterocycles. The van der Waals surface area contributed by atoms with Crippen LogP contribution in [0, 0.1) is 6.92 Å². The number of hydrogen-bond donors (Lipinski definition) is 0. The van der Waals surface area contributed by atoms with Crippen molar-refractivity contribution in [2.24, 2.45) is 0 Å². The number of nitrogens with zero attached hydrogens (tertiary/aromatic N) is 4. The van der Waals surface area contributed by atoms with E-state index in [2.05, 4.69) is 16.9 Å². The van der Waals surface area contributed by atoms with Crippen LogP contribution in [-0.4, -0.2) is 52.4 Å². The van der Waals surface area contributed by atoms with E-state index in [-0.39, 0.29) is 5.91 Å². The second-order valence-corrected chi connectivity index (χ2v) is 8.32. The maximum atomic E-state index is 12.7. The first-order valence-corrected chi connectivity index (χ1v) is 9.86. The number of hydrogen-bond acceptors (Lipinski definition) is 5. The minimum atomic E-state index is 0.120. The highest BCUT2D eigenvalue weighted by Crippen LogP contribution is 2.27.